The zero-order valence-corrected chi connectivity index (χ0v) is 12.7. The van der Waals surface area contributed by atoms with Gasteiger partial charge in [-0.2, -0.15) is 0 Å². The van der Waals surface area contributed by atoms with Crippen LogP contribution in [0.1, 0.15) is 0 Å². The molecular weight excluding hydrogens is 270 g/mol. The molecule has 0 atom stereocenters. The molecule has 84 valence electrons. The van der Waals surface area contributed by atoms with E-state index in [1.807, 2.05) is 0 Å². The number of halogens is 4. The molecule has 0 unspecified atom stereocenters. The molecule has 0 aliphatic rings. The van der Waals surface area contributed by atoms with E-state index in [0.717, 1.165) is 12.1 Å². The standard InChI is InChI=1S/C8H8BClF3O2.K/c1-14-5-15-8-3-2-6(4-7(8)10)9(11,12)13;/h2-4H,5H2,1H3;/q-1;+1. The number of rotatable bonds is 4. The fourth-order valence-corrected chi connectivity index (χ4v) is 1.20. The molecular formula is C8H8BClF3KO2. The largest absolute Gasteiger partial charge is 1.00 e. The Bertz CT molecular complexity index is 349. The molecule has 2 nitrogen and oxygen atoms in total. The van der Waals surface area contributed by atoms with E-state index in [0.29, 0.717) is 0 Å². The van der Waals surface area contributed by atoms with Gasteiger partial charge in [-0.05, 0) is 6.07 Å². The van der Waals surface area contributed by atoms with Crippen LogP contribution in [0.15, 0.2) is 18.2 Å². The van der Waals surface area contributed by atoms with Crippen molar-refractivity contribution in [3.05, 3.63) is 23.2 Å². The smallest absolute Gasteiger partial charge is 0.466 e. The number of hydrogen-bond donors (Lipinski definition) is 0. The van der Waals surface area contributed by atoms with Crippen molar-refractivity contribution < 1.29 is 73.8 Å². The molecule has 0 N–H and O–H groups in total. The summed E-state index contributed by atoms with van der Waals surface area (Å²) in [5.74, 6) is 0.169. The van der Waals surface area contributed by atoms with Crippen LogP contribution in [0.5, 0.6) is 5.75 Å². The van der Waals surface area contributed by atoms with E-state index in [1.54, 1.807) is 0 Å². The topological polar surface area (TPSA) is 18.5 Å². The van der Waals surface area contributed by atoms with Crippen LogP contribution in [0.4, 0.5) is 12.9 Å². The predicted octanol–water partition coefficient (Wildman–Crippen LogP) is -0.619. The van der Waals surface area contributed by atoms with Gasteiger partial charge in [-0.25, -0.2) is 0 Å². The molecule has 0 aliphatic carbocycles. The predicted molar refractivity (Wildman–Crippen MR) is 52.7 cm³/mol. The molecule has 0 heterocycles. The van der Waals surface area contributed by atoms with Gasteiger partial charge in [0.05, 0.1) is 5.02 Å². The normalized spacial score (nSPS) is 10.8. The first-order valence-corrected chi connectivity index (χ1v) is 4.44. The van der Waals surface area contributed by atoms with Gasteiger partial charge in [0.15, 0.2) is 6.79 Å². The second-order valence-electron chi connectivity index (χ2n) is 2.82. The Balaban J connectivity index is 0.00000225. The second-order valence-corrected chi connectivity index (χ2v) is 3.22. The summed E-state index contributed by atoms with van der Waals surface area (Å²) in [7, 11) is 1.40. The first-order chi connectivity index (χ1) is 6.95. The first kappa shape index (κ1) is 16.8. The summed E-state index contributed by atoms with van der Waals surface area (Å²) < 4.78 is 46.4. The minimum absolute atomic E-state index is 0. The number of benzene rings is 1. The Hall–Kier alpha value is 0.761. The maximum Gasteiger partial charge on any atom is 1.00 e. The third kappa shape index (κ3) is 4.95. The summed E-state index contributed by atoms with van der Waals surface area (Å²) in [5, 5.41) is -0.0799. The number of hydrogen-bond acceptors (Lipinski definition) is 2. The maximum absolute atomic E-state index is 12.3. The summed E-state index contributed by atoms with van der Waals surface area (Å²) in [6.45, 7) is -5.08. The van der Waals surface area contributed by atoms with Gasteiger partial charge in [0.25, 0.3) is 0 Å². The molecule has 0 aromatic heterocycles. The van der Waals surface area contributed by atoms with Crippen molar-refractivity contribution in [1.82, 2.24) is 0 Å². The molecule has 0 saturated carbocycles. The Morgan fingerprint density at radius 3 is 2.38 bits per heavy atom. The molecule has 0 fully saturated rings. The van der Waals surface area contributed by atoms with Crippen molar-refractivity contribution >= 4 is 24.0 Å². The van der Waals surface area contributed by atoms with E-state index in [4.69, 9.17) is 16.3 Å². The number of methoxy groups -OCH3 is 1. The van der Waals surface area contributed by atoms with Crippen LogP contribution in [0.25, 0.3) is 0 Å². The first-order valence-electron chi connectivity index (χ1n) is 4.06. The van der Waals surface area contributed by atoms with Crippen LogP contribution in [0.2, 0.25) is 5.02 Å². The van der Waals surface area contributed by atoms with Gasteiger partial charge in [0.2, 0.25) is 0 Å². The van der Waals surface area contributed by atoms with E-state index >= 15 is 0 Å². The number of ether oxygens (including phenoxy) is 2. The Kier molecular flexibility index (Phi) is 7.60. The molecule has 0 radical (unpaired) electrons. The van der Waals surface area contributed by atoms with E-state index in [-0.39, 0.29) is 68.9 Å². The minimum Gasteiger partial charge on any atom is -0.466 e. The Labute approximate surface area is 139 Å². The van der Waals surface area contributed by atoms with Gasteiger partial charge in [-0.3, -0.25) is 0 Å². The molecule has 16 heavy (non-hydrogen) atoms. The van der Waals surface area contributed by atoms with Crippen molar-refractivity contribution in [1.29, 1.82) is 0 Å². The van der Waals surface area contributed by atoms with Gasteiger partial charge in [0, 0.05) is 7.11 Å². The third-order valence-electron chi connectivity index (χ3n) is 1.67. The average Bonchev–Trinajstić information content (AvgIpc) is 2.14. The fraction of sp³-hybridized carbons (Fsp3) is 0.250. The molecule has 0 bridgehead atoms. The van der Waals surface area contributed by atoms with Crippen molar-refractivity contribution in [2.24, 2.45) is 0 Å². The molecule has 1 aromatic carbocycles. The average molecular weight is 279 g/mol. The summed E-state index contributed by atoms with van der Waals surface area (Å²) in [6, 6.07) is 2.94. The van der Waals surface area contributed by atoms with Crippen LogP contribution in [-0.2, 0) is 4.74 Å². The van der Waals surface area contributed by atoms with E-state index < -0.39 is 12.4 Å². The molecule has 0 spiro atoms. The summed E-state index contributed by atoms with van der Waals surface area (Å²) in [4.78, 5) is 0. The van der Waals surface area contributed by atoms with Gasteiger partial charge in [-0.1, -0.05) is 23.7 Å². The van der Waals surface area contributed by atoms with Crippen LogP contribution < -0.4 is 61.6 Å². The van der Waals surface area contributed by atoms with E-state index in [1.165, 1.54) is 13.2 Å². The summed E-state index contributed by atoms with van der Waals surface area (Å²) in [5.41, 5.74) is -0.746. The maximum atomic E-state index is 12.3. The van der Waals surface area contributed by atoms with E-state index in [9.17, 15) is 12.9 Å². The van der Waals surface area contributed by atoms with Gasteiger partial charge in [0.1, 0.15) is 5.75 Å². The zero-order chi connectivity index (χ0) is 11.5. The van der Waals surface area contributed by atoms with Crippen LogP contribution >= 0.6 is 11.6 Å². The second kappa shape index (κ2) is 7.25. The van der Waals surface area contributed by atoms with Gasteiger partial charge in [-0.15, -0.1) is 5.46 Å². The van der Waals surface area contributed by atoms with Crippen LogP contribution in [0.3, 0.4) is 0 Å². The van der Waals surface area contributed by atoms with Crippen LogP contribution in [-0.4, -0.2) is 20.9 Å². The summed E-state index contributed by atoms with van der Waals surface area (Å²) in [6.07, 6.45) is 0. The molecule has 8 heteroatoms. The monoisotopic (exact) mass is 278 g/mol. The summed E-state index contributed by atoms with van der Waals surface area (Å²) >= 11 is 5.60. The minimum atomic E-state index is -5.03. The van der Waals surface area contributed by atoms with Crippen LogP contribution in [0, 0.1) is 0 Å². The van der Waals surface area contributed by atoms with Crippen molar-refractivity contribution in [2.75, 3.05) is 13.9 Å². The Morgan fingerprint density at radius 2 is 1.94 bits per heavy atom. The molecule has 1 aromatic rings. The van der Waals surface area contributed by atoms with Crippen molar-refractivity contribution in [2.45, 2.75) is 0 Å². The van der Waals surface area contributed by atoms with Crippen molar-refractivity contribution in [3.63, 3.8) is 0 Å². The molecule has 0 amide bonds. The quantitative estimate of drug-likeness (QED) is 0.540. The molecule has 0 saturated heterocycles. The zero-order valence-electron chi connectivity index (χ0n) is 8.84. The Morgan fingerprint density at radius 1 is 1.31 bits per heavy atom. The SMILES string of the molecule is COCOc1ccc([B-](F)(F)F)cc1Cl.[K+]. The molecule has 1 rings (SSSR count). The van der Waals surface area contributed by atoms with Gasteiger partial charge >= 0.3 is 58.4 Å². The van der Waals surface area contributed by atoms with E-state index in [2.05, 4.69) is 4.74 Å². The fourth-order valence-electron chi connectivity index (χ4n) is 0.960. The van der Waals surface area contributed by atoms with Crippen molar-refractivity contribution in [3.8, 4) is 5.75 Å². The van der Waals surface area contributed by atoms with Gasteiger partial charge < -0.3 is 22.4 Å². The third-order valence-corrected chi connectivity index (χ3v) is 1.96. The molecule has 0 aliphatic heterocycles.